The fraction of sp³-hybridized carbons (Fsp3) is 0.647. The Bertz CT molecular complexity index is 1620. The Labute approximate surface area is 320 Å². The van der Waals surface area contributed by atoms with E-state index in [9.17, 15) is 74.7 Å². The molecule has 0 spiro atoms. The predicted molar refractivity (Wildman–Crippen MR) is 188 cm³/mol. The van der Waals surface area contributed by atoms with Crippen LogP contribution < -0.4 is 27.0 Å². The van der Waals surface area contributed by atoms with Crippen LogP contribution in [0, 0.1) is 5.92 Å². The van der Waals surface area contributed by atoms with E-state index in [2.05, 4.69) is 16.0 Å². The highest BCUT2D eigenvalue weighted by atomic mass is 16.3. The number of nitrogens with two attached hydrogens (primary N) is 1. The summed E-state index contributed by atoms with van der Waals surface area (Å²) in [6.45, 7) is 2.85. The number of amides is 6. The Morgan fingerprint density at radius 1 is 0.696 bits per heavy atom. The smallest absolute Gasteiger partial charge is 0.248 e. The molecule has 3 aliphatic heterocycles. The molecule has 3 saturated heterocycles. The first-order chi connectivity index (χ1) is 26.1. The van der Waals surface area contributed by atoms with Gasteiger partial charge in [-0.05, 0) is 31.5 Å². The average Bonchev–Trinajstić information content (AvgIpc) is 3.68. The van der Waals surface area contributed by atoms with Crippen LogP contribution in [0.4, 0.5) is 0 Å². The van der Waals surface area contributed by atoms with Crippen molar-refractivity contribution in [3.05, 3.63) is 29.8 Å². The molecule has 22 heteroatoms. The van der Waals surface area contributed by atoms with E-state index in [1.54, 1.807) is 0 Å². The molecule has 1 aromatic carbocycles. The van der Waals surface area contributed by atoms with Crippen LogP contribution in [0.1, 0.15) is 45.3 Å². The first-order valence-electron chi connectivity index (χ1n) is 18.0. The Morgan fingerprint density at radius 3 is 1.80 bits per heavy atom. The molecule has 0 aromatic heterocycles. The molecule has 1 unspecified atom stereocenters. The van der Waals surface area contributed by atoms with Gasteiger partial charge in [-0.3, -0.25) is 28.8 Å². The number of benzene rings is 1. The van der Waals surface area contributed by atoms with Crippen LogP contribution in [0.2, 0.25) is 0 Å². The van der Waals surface area contributed by atoms with Crippen LogP contribution in [-0.2, 0) is 28.8 Å². The van der Waals surface area contributed by atoms with E-state index >= 15 is 0 Å². The van der Waals surface area contributed by atoms with Gasteiger partial charge in [0.05, 0.1) is 30.5 Å². The van der Waals surface area contributed by atoms with Crippen molar-refractivity contribution in [2.24, 2.45) is 11.7 Å². The highest BCUT2D eigenvalue weighted by molar-refractivity contribution is 5.98. The minimum absolute atomic E-state index is 0.0501. The zero-order chi connectivity index (χ0) is 41.9. The standard InChI is InChI=1S/C34H51N7O15/c1-12-10-41-24(25(12)47)32(54)39-30(52)20(46)9-18(35)28(50)36-21(13(2)42)33(55)40-11-17(45)8-19(40)29(51)38-23(31(53)37-22(14(3)43)34(41)56)27(49)26(48)15-4-6-16(44)7-5-15/h4-7,12-14,17-27,30,42-49,52H,8-11,35H2,1-3H3,(H,36,50)(H,37,53)(H,38,51)(H,39,54)/t12-,13+,14+,17+,18?,19-,20+,21-,22-,23-,24-,25-,26-,27-,30+/m0/s1. The van der Waals surface area contributed by atoms with Crippen LogP contribution in [0.3, 0.4) is 0 Å². The summed E-state index contributed by atoms with van der Waals surface area (Å²) in [4.78, 5) is 83.9. The second-order valence-electron chi connectivity index (χ2n) is 14.6. The molecule has 1 aromatic rings. The van der Waals surface area contributed by atoms with Crippen LogP contribution in [0.15, 0.2) is 24.3 Å². The van der Waals surface area contributed by atoms with Crippen LogP contribution >= 0.6 is 0 Å². The fourth-order valence-corrected chi connectivity index (χ4v) is 6.92. The number of rotatable bonds is 5. The van der Waals surface area contributed by atoms with Crippen molar-refractivity contribution in [3.63, 3.8) is 0 Å². The lowest BCUT2D eigenvalue weighted by Gasteiger charge is -2.34. The topological polar surface area (TPSA) is 365 Å². The van der Waals surface area contributed by atoms with Gasteiger partial charge in [0.2, 0.25) is 35.4 Å². The van der Waals surface area contributed by atoms with Crippen molar-refractivity contribution in [1.82, 2.24) is 31.1 Å². The number of carbonyl (C=O) groups excluding carboxylic acids is 6. The van der Waals surface area contributed by atoms with Gasteiger partial charge in [0.25, 0.3) is 0 Å². The third-order valence-corrected chi connectivity index (χ3v) is 10.2. The largest absolute Gasteiger partial charge is 0.508 e. The number of hydrogen-bond acceptors (Lipinski definition) is 16. The van der Waals surface area contributed by atoms with Crippen LogP contribution in [0.5, 0.6) is 5.75 Å². The SMILES string of the molecule is C[C@@H](O)[C@@H]1NC(=O)[C@H]([C@H](O)[C@@H](O)c2ccc(O)cc2)NC(=O)[C@@H]2C[C@@H](O)CN2C(=O)[C@H]([C@@H](C)O)NC(=O)C(N)C[C@@H](O)[C@@H](O)NC(=O)[C@@H]2[C@@H](O)[C@@H](C)CN2C1=O. The minimum atomic E-state index is -2.24. The lowest BCUT2D eigenvalue weighted by Crippen LogP contribution is -2.64. The second-order valence-corrected chi connectivity index (χ2v) is 14.6. The van der Waals surface area contributed by atoms with E-state index in [0.717, 1.165) is 35.8 Å². The summed E-state index contributed by atoms with van der Waals surface area (Å²) >= 11 is 0. The molecule has 22 nitrogen and oxygen atoms in total. The number of nitrogens with zero attached hydrogens (tertiary/aromatic N) is 2. The highest BCUT2D eigenvalue weighted by Gasteiger charge is 2.50. The van der Waals surface area contributed by atoms with Gasteiger partial charge in [0, 0.05) is 31.8 Å². The summed E-state index contributed by atoms with van der Waals surface area (Å²) in [6.07, 6.45) is -15.8. The maximum absolute atomic E-state index is 14.0. The molecular weight excluding hydrogens is 746 g/mol. The van der Waals surface area contributed by atoms with Gasteiger partial charge in [-0.25, -0.2) is 0 Å². The van der Waals surface area contributed by atoms with Gasteiger partial charge < -0.3 is 82.8 Å². The molecule has 0 aliphatic carbocycles. The zero-order valence-electron chi connectivity index (χ0n) is 30.7. The maximum atomic E-state index is 14.0. The normalized spacial score (nSPS) is 35.2. The summed E-state index contributed by atoms with van der Waals surface area (Å²) in [5.74, 6) is -8.12. The summed E-state index contributed by atoms with van der Waals surface area (Å²) < 4.78 is 0. The number of aliphatic hydroxyl groups excluding tert-OH is 8. The Balaban J connectivity index is 1.80. The van der Waals surface area contributed by atoms with Gasteiger partial charge >= 0.3 is 0 Å². The molecular formula is C34H51N7O15. The van der Waals surface area contributed by atoms with Crippen molar-refractivity contribution in [1.29, 1.82) is 0 Å². The molecule has 3 fully saturated rings. The third-order valence-electron chi connectivity index (χ3n) is 10.2. The van der Waals surface area contributed by atoms with E-state index in [1.165, 1.54) is 19.1 Å². The fourth-order valence-electron chi connectivity index (χ4n) is 6.92. The van der Waals surface area contributed by atoms with E-state index in [4.69, 9.17) is 5.73 Å². The molecule has 0 saturated carbocycles. The number of phenolic OH excluding ortho intramolecular Hbond substituents is 1. The second kappa shape index (κ2) is 18.2. The van der Waals surface area contributed by atoms with Gasteiger partial charge in [0.15, 0.2) is 6.23 Å². The van der Waals surface area contributed by atoms with Gasteiger partial charge in [0.1, 0.15) is 54.3 Å². The number of aliphatic hydroxyl groups is 8. The molecule has 6 amide bonds. The van der Waals surface area contributed by atoms with Crippen LogP contribution in [-0.4, -0.2) is 183 Å². The number of carbonyl (C=O) groups is 6. The van der Waals surface area contributed by atoms with Crippen molar-refractivity contribution < 1.29 is 74.7 Å². The Kier molecular flexibility index (Phi) is 14.3. The molecule has 0 radical (unpaired) electrons. The monoisotopic (exact) mass is 797 g/mol. The predicted octanol–water partition coefficient (Wildman–Crippen LogP) is -7.30. The summed E-state index contributed by atoms with van der Waals surface area (Å²) in [6, 6.07) is -6.28. The highest BCUT2D eigenvalue weighted by Crippen LogP contribution is 2.27. The van der Waals surface area contributed by atoms with Gasteiger partial charge in [-0.15, -0.1) is 0 Å². The molecule has 15 N–H and O–H groups in total. The Morgan fingerprint density at radius 2 is 1.23 bits per heavy atom. The van der Waals surface area contributed by atoms with E-state index in [0.29, 0.717) is 0 Å². The van der Waals surface area contributed by atoms with Crippen molar-refractivity contribution in [3.8, 4) is 5.75 Å². The number of fused-ring (bicyclic) bond motifs is 2. The number of nitrogens with one attached hydrogen (secondary N) is 4. The van der Waals surface area contributed by atoms with E-state index in [1.807, 2.05) is 5.32 Å². The number of hydrogen-bond donors (Lipinski definition) is 14. The molecule has 3 heterocycles. The van der Waals surface area contributed by atoms with Gasteiger partial charge in [-0.1, -0.05) is 19.1 Å². The third kappa shape index (κ3) is 9.70. The quantitative estimate of drug-likeness (QED) is 0.132. The van der Waals surface area contributed by atoms with Crippen molar-refractivity contribution >= 4 is 35.4 Å². The molecule has 15 atom stereocenters. The molecule has 312 valence electrons. The first-order valence-corrected chi connectivity index (χ1v) is 18.0. The number of aromatic hydroxyl groups is 1. The molecule has 4 rings (SSSR count). The summed E-state index contributed by atoms with van der Waals surface area (Å²) in [5.41, 5.74) is 5.88. The average molecular weight is 798 g/mol. The van der Waals surface area contributed by atoms with Crippen molar-refractivity contribution in [2.45, 2.75) is 119 Å². The summed E-state index contributed by atoms with van der Waals surface area (Å²) in [5, 5.41) is 105. The lowest BCUT2D eigenvalue weighted by molar-refractivity contribution is -0.148. The number of phenols is 1. The summed E-state index contributed by atoms with van der Waals surface area (Å²) in [7, 11) is 0. The molecule has 0 bridgehead atoms. The van der Waals surface area contributed by atoms with E-state index in [-0.39, 0.29) is 17.9 Å². The first kappa shape index (κ1) is 44.2. The zero-order valence-corrected chi connectivity index (χ0v) is 30.7. The maximum Gasteiger partial charge on any atom is 0.248 e. The Hall–Kier alpha value is -4.52. The van der Waals surface area contributed by atoms with Gasteiger partial charge in [-0.2, -0.15) is 0 Å². The minimum Gasteiger partial charge on any atom is -0.508 e. The molecule has 56 heavy (non-hydrogen) atoms. The lowest BCUT2D eigenvalue weighted by atomic mass is 9.96. The van der Waals surface area contributed by atoms with Crippen molar-refractivity contribution in [2.75, 3.05) is 13.1 Å². The van der Waals surface area contributed by atoms with Crippen LogP contribution in [0.25, 0.3) is 0 Å². The van der Waals surface area contributed by atoms with E-state index < -0.39 is 146 Å². The molecule has 3 aliphatic rings.